The Labute approximate surface area is 126 Å². The SMILES string of the molecule is Cc1c(CN(C)C(=O)C(C)n2cc(Br)cn2)cnn1C. The quantitative estimate of drug-likeness (QED) is 0.854. The summed E-state index contributed by atoms with van der Waals surface area (Å²) in [7, 11) is 3.69. The summed E-state index contributed by atoms with van der Waals surface area (Å²) >= 11 is 3.33. The number of rotatable bonds is 4. The van der Waals surface area contributed by atoms with Crippen molar-refractivity contribution in [3.8, 4) is 0 Å². The number of likely N-dealkylation sites (N-methyl/N-ethyl adjacent to an activating group) is 1. The van der Waals surface area contributed by atoms with E-state index in [2.05, 4.69) is 26.1 Å². The lowest BCUT2D eigenvalue weighted by Crippen LogP contribution is -2.33. The Bertz CT molecular complexity index is 618. The largest absolute Gasteiger partial charge is 0.339 e. The van der Waals surface area contributed by atoms with Crippen molar-refractivity contribution in [2.24, 2.45) is 7.05 Å². The van der Waals surface area contributed by atoms with Gasteiger partial charge < -0.3 is 4.90 Å². The molecule has 2 aromatic rings. The molecule has 0 aromatic carbocycles. The van der Waals surface area contributed by atoms with Gasteiger partial charge in [0, 0.05) is 38.1 Å². The molecule has 0 fully saturated rings. The zero-order valence-corrected chi connectivity index (χ0v) is 13.6. The molecule has 1 atom stereocenters. The molecule has 0 saturated heterocycles. The topological polar surface area (TPSA) is 56.0 Å². The number of halogens is 1. The third kappa shape index (κ3) is 2.92. The fraction of sp³-hybridized carbons (Fsp3) is 0.462. The average molecular weight is 340 g/mol. The molecule has 0 aliphatic rings. The van der Waals surface area contributed by atoms with Gasteiger partial charge in [0.15, 0.2) is 0 Å². The molecule has 0 spiro atoms. The van der Waals surface area contributed by atoms with Crippen LogP contribution in [0, 0.1) is 6.92 Å². The predicted octanol–water partition coefficient (Wildman–Crippen LogP) is 1.91. The van der Waals surface area contributed by atoms with Gasteiger partial charge in [0.25, 0.3) is 0 Å². The zero-order valence-electron chi connectivity index (χ0n) is 12.0. The van der Waals surface area contributed by atoms with Crippen molar-refractivity contribution >= 4 is 21.8 Å². The van der Waals surface area contributed by atoms with Gasteiger partial charge in [-0.05, 0) is 29.8 Å². The first-order chi connectivity index (χ1) is 9.40. The molecule has 1 unspecified atom stereocenters. The van der Waals surface area contributed by atoms with Crippen LogP contribution in [0.1, 0.15) is 24.2 Å². The molecule has 0 N–H and O–H groups in total. The summed E-state index contributed by atoms with van der Waals surface area (Å²) in [6.45, 7) is 4.38. The van der Waals surface area contributed by atoms with E-state index in [9.17, 15) is 4.79 Å². The number of hydrogen-bond acceptors (Lipinski definition) is 3. The molecule has 0 bridgehead atoms. The van der Waals surface area contributed by atoms with Crippen LogP contribution < -0.4 is 0 Å². The fourth-order valence-corrected chi connectivity index (χ4v) is 2.29. The Morgan fingerprint density at radius 3 is 2.65 bits per heavy atom. The summed E-state index contributed by atoms with van der Waals surface area (Å²) in [5, 5.41) is 8.34. The number of aryl methyl sites for hydroxylation is 1. The number of amides is 1. The summed E-state index contributed by atoms with van der Waals surface area (Å²) in [4.78, 5) is 14.1. The first kappa shape index (κ1) is 14.8. The summed E-state index contributed by atoms with van der Waals surface area (Å²) in [5.41, 5.74) is 2.12. The van der Waals surface area contributed by atoms with Crippen LogP contribution in [0.15, 0.2) is 23.1 Å². The summed E-state index contributed by atoms with van der Waals surface area (Å²) in [6.07, 6.45) is 5.27. The van der Waals surface area contributed by atoms with E-state index in [1.54, 1.807) is 35.2 Å². The van der Waals surface area contributed by atoms with E-state index in [0.717, 1.165) is 15.7 Å². The molecule has 0 aliphatic carbocycles. The first-order valence-electron chi connectivity index (χ1n) is 6.32. The third-order valence-electron chi connectivity index (χ3n) is 3.44. The molecule has 6 nitrogen and oxygen atoms in total. The molecule has 1 amide bonds. The highest BCUT2D eigenvalue weighted by Crippen LogP contribution is 2.15. The lowest BCUT2D eigenvalue weighted by Gasteiger charge is -2.21. The monoisotopic (exact) mass is 339 g/mol. The van der Waals surface area contributed by atoms with Crippen LogP contribution in [0.5, 0.6) is 0 Å². The minimum atomic E-state index is -0.330. The molecule has 20 heavy (non-hydrogen) atoms. The van der Waals surface area contributed by atoms with E-state index in [1.807, 2.05) is 25.6 Å². The Kier molecular flexibility index (Phi) is 4.27. The Morgan fingerprint density at radius 2 is 2.15 bits per heavy atom. The van der Waals surface area contributed by atoms with Crippen LogP contribution in [0.2, 0.25) is 0 Å². The third-order valence-corrected chi connectivity index (χ3v) is 3.85. The maximum Gasteiger partial charge on any atom is 0.247 e. The van der Waals surface area contributed by atoms with Gasteiger partial charge in [0.1, 0.15) is 6.04 Å². The van der Waals surface area contributed by atoms with Crippen LogP contribution in [0.25, 0.3) is 0 Å². The average Bonchev–Trinajstić information content (AvgIpc) is 2.98. The van der Waals surface area contributed by atoms with Crippen LogP contribution >= 0.6 is 15.9 Å². The van der Waals surface area contributed by atoms with Gasteiger partial charge in [0.05, 0.1) is 16.9 Å². The second-order valence-corrected chi connectivity index (χ2v) is 5.80. The van der Waals surface area contributed by atoms with E-state index in [4.69, 9.17) is 0 Å². The molecule has 0 aliphatic heterocycles. The smallest absolute Gasteiger partial charge is 0.247 e. The maximum atomic E-state index is 12.4. The predicted molar refractivity (Wildman–Crippen MR) is 79.1 cm³/mol. The second-order valence-electron chi connectivity index (χ2n) is 4.89. The lowest BCUT2D eigenvalue weighted by molar-refractivity contribution is -0.133. The molecule has 108 valence electrons. The Balaban J connectivity index is 2.07. The van der Waals surface area contributed by atoms with Crippen molar-refractivity contribution in [1.82, 2.24) is 24.5 Å². The molecule has 2 aromatic heterocycles. The number of carbonyl (C=O) groups is 1. The Hall–Kier alpha value is -1.63. The number of hydrogen-bond donors (Lipinski definition) is 0. The summed E-state index contributed by atoms with van der Waals surface area (Å²) < 4.78 is 4.32. The van der Waals surface area contributed by atoms with Gasteiger partial charge >= 0.3 is 0 Å². The van der Waals surface area contributed by atoms with Crippen LogP contribution in [-0.2, 0) is 18.4 Å². The normalized spacial score (nSPS) is 12.4. The number of aromatic nitrogens is 4. The molecular weight excluding hydrogens is 322 g/mol. The molecule has 0 radical (unpaired) electrons. The summed E-state index contributed by atoms with van der Waals surface area (Å²) in [6, 6.07) is -0.330. The van der Waals surface area contributed by atoms with Gasteiger partial charge in [-0.3, -0.25) is 14.2 Å². The summed E-state index contributed by atoms with van der Waals surface area (Å²) in [5.74, 6) is 0.0175. The minimum Gasteiger partial charge on any atom is -0.339 e. The minimum absolute atomic E-state index is 0.0175. The van der Waals surface area contributed by atoms with Crippen LogP contribution in [0.4, 0.5) is 0 Å². The maximum absolute atomic E-state index is 12.4. The number of nitrogens with zero attached hydrogens (tertiary/aromatic N) is 5. The van der Waals surface area contributed by atoms with Crippen molar-refractivity contribution in [2.45, 2.75) is 26.4 Å². The fourth-order valence-electron chi connectivity index (χ4n) is 1.99. The van der Waals surface area contributed by atoms with Crippen molar-refractivity contribution in [2.75, 3.05) is 7.05 Å². The molecule has 2 heterocycles. The molecule has 0 saturated carbocycles. The van der Waals surface area contributed by atoms with Crippen molar-refractivity contribution in [3.63, 3.8) is 0 Å². The van der Waals surface area contributed by atoms with Gasteiger partial charge in [-0.2, -0.15) is 10.2 Å². The van der Waals surface area contributed by atoms with Gasteiger partial charge in [0.2, 0.25) is 5.91 Å². The molecule has 7 heteroatoms. The van der Waals surface area contributed by atoms with Gasteiger partial charge in [-0.25, -0.2) is 0 Å². The van der Waals surface area contributed by atoms with Crippen molar-refractivity contribution in [3.05, 3.63) is 34.3 Å². The highest BCUT2D eigenvalue weighted by atomic mass is 79.9. The van der Waals surface area contributed by atoms with Crippen molar-refractivity contribution < 1.29 is 4.79 Å². The standard InChI is InChI=1S/C13H18BrN5O/c1-9-11(5-15-18(9)4)7-17(3)13(20)10(2)19-8-12(14)6-16-19/h5-6,8,10H,7H2,1-4H3. The van der Waals surface area contributed by atoms with Crippen LogP contribution in [0.3, 0.4) is 0 Å². The Morgan fingerprint density at radius 1 is 1.45 bits per heavy atom. The van der Waals surface area contributed by atoms with Crippen LogP contribution in [-0.4, -0.2) is 37.4 Å². The highest BCUT2D eigenvalue weighted by molar-refractivity contribution is 9.10. The zero-order chi connectivity index (χ0) is 14.9. The van der Waals surface area contributed by atoms with Gasteiger partial charge in [-0.1, -0.05) is 0 Å². The molecular formula is C13H18BrN5O. The van der Waals surface area contributed by atoms with E-state index in [1.165, 1.54) is 0 Å². The first-order valence-corrected chi connectivity index (χ1v) is 7.11. The van der Waals surface area contributed by atoms with E-state index in [0.29, 0.717) is 6.54 Å². The van der Waals surface area contributed by atoms with E-state index >= 15 is 0 Å². The van der Waals surface area contributed by atoms with E-state index in [-0.39, 0.29) is 11.9 Å². The van der Waals surface area contributed by atoms with Gasteiger partial charge in [-0.15, -0.1) is 0 Å². The lowest BCUT2D eigenvalue weighted by atomic mass is 10.2. The second kappa shape index (κ2) is 5.78. The highest BCUT2D eigenvalue weighted by Gasteiger charge is 2.21. The molecule has 2 rings (SSSR count). The van der Waals surface area contributed by atoms with Crippen molar-refractivity contribution in [1.29, 1.82) is 0 Å². The van der Waals surface area contributed by atoms with E-state index < -0.39 is 0 Å². The number of carbonyl (C=O) groups excluding carboxylic acids is 1.